The van der Waals surface area contributed by atoms with Crippen LogP contribution in [0.25, 0.3) is 0 Å². The van der Waals surface area contributed by atoms with Gasteiger partial charge in [0.15, 0.2) is 5.82 Å². The minimum atomic E-state index is -4.22. The maximum atomic E-state index is 14.5. The average Bonchev–Trinajstić information content (AvgIpc) is 2.84. The van der Waals surface area contributed by atoms with Gasteiger partial charge >= 0.3 is 10.2 Å². The predicted molar refractivity (Wildman–Crippen MR) is 95.3 cm³/mol. The molecule has 0 bridgehead atoms. The summed E-state index contributed by atoms with van der Waals surface area (Å²) in [4.78, 5) is 15.5. The van der Waals surface area contributed by atoms with Crippen LogP contribution in [0.2, 0.25) is 0 Å². The first-order chi connectivity index (χ1) is 12.7. The number of nitrogens with one attached hydrogen (secondary N) is 2. The molecular formula is C16H17FN4O5S. The highest BCUT2D eigenvalue weighted by atomic mass is 32.2. The number of pyridine rings is 1. The first-order valence-corrected chi connectivity index (χ1v) is 9.25. The number of hydrogen-bond acceptors (Lipinski definition) is 7. The minimum absolute atomic E-state index is 0.119. The number of nitrogens with zero attached hydrogens (tertiary/aromatic N) is 2. The van der Waals surface area contributed by atoms with E-state index in [0.29, 0.717) is 21.6 Å². The third-order valence-electron chi connectivity index (χ3n) is 3.80. The van der Waals surface area contributed by atoms with Gasteiger partial charge in [-0.15, -0.1) is 0 Å². The number of carbonyl (C=O) groups excluding carboxylic acids is 1. The Hall–Kier alpha value is -3.08. The van der Waals surface area contributed by atoms with Crippen molar-refractivity contribution >= 4 is 27.6 Å². The number of halogens is 1. The summed E-state index contributed by atoms with van der Waals surface area (Å²) in [5.41, 5.74) is 0.685. The number of phenols is 1. The lowest BCUT2D eigenvalue weighted by molar-refractivity contribution is -0.117. The van der Waals surface area contributed by atoms with Crippen LogP contribution in [-0.4, -0.2) is 38.1 Å². The van der Waals surface area contributed by atoms with E-state index in [9.17, 15) is 22.7 Å². The van der Waals surface area contributed by atoms with E-state index >= 15 is 0 Å². The van der Waals surface area contributed by atoms with Crippen molar-refractivity contribution in [2.45, 2.75) is 13.5 Å². The quantitative estimate of drug-likeness (QED) is 0.690. The monoisotopic (exact) mass is 396 g/mol. The largest absolute Gasteiger partial charge is 0.506 e. The van der Waals surface area contributed by atoms with E-state index in [2.05, 4.69) is 10.3 Å². The first kappa shape index (κ1) is 18.7. The van der Waals surface area contributed by atoms with Crippen molar-refractivity contribution in [2.24, 2.45) is 0 Å². The number of hydrogen-bond donors (Lipinski definition) is 3. The molecule has 0 radical (unpaired) electrons. The predicted octanol–water partition coefficient (Wildman–Crippen LogP) is 1.04. The molecular weight excluding hydrogens is 379 g/mol. The number of benzene rings is 1. The normalized spacial score (nSPS) is 15.5. The maximum absolute atomic E-state index is 14.5. The molecule has 0 atom stereocenters. The van der Waals surface area contributed by atoms with Crippen molar-refractivity contribution in [3.63, 3.8) is 0 Å². The molecule has 2 aromatic rings. The van der Waals surface area contributed by atoms with Gasteiger partial charge in [0.2, 0.25) is 5.88 Å². The number of amides is 1. The van der Waals surface area contributed by atoms with E-state index in [-0.39, 0.29) is 6.54 Å². The van der Waals surface area contributed by atoms with Crippen LogP contribution in [0, 0.1) is 12.7 Å². The maximum Gasteiger partial charge on any atom is 0.326 e. The molecule has 11 heteroatoms. The SMILES string of the molecule is COc1cc(C)cc(NCc2cc(O)c(N3CC(=O)NS3(=O)=O)c(F)c2)n1. The van der Waals surface area contributed by atoms with Crippen LogP contribution in [0.5, 0.6) is 11.6 Å². The van der Waals surface area contributed by atoms with Gasteiger partial charge in [0.05, 0.1) is 7.11 Å². The molecule has 1 aliphatic heterocycles. The van der Waals surface area contributed by atoms with Crippen LogP contribution in [0.3, 0.4) is 0 Å². The summed E-state index contributed by atoms with van der Waals surface area (Å²) in [6.07, 6.45) is 0. The molecule has 1 aromatic heterocycles. The van der Waals surface area contributed by atoms with Crippen LogP contribution < -0.4 is 19.1 Å². The average molecular weight is 396 g/mol. The van der Waals surface area contributed by atoms with Gasteiger partial charge in [-0.1, -0.05) is 0 Å². The van der Waals surface area contributed by atoms with Gasteiger partial charge in [-0.05, 0) is 36.2 Å². The highest BCUT2D eigenvalue weighted by molar-refractivity contribution is 7.92. The number of carbonyl (C=O) groups is 1. The van der Waals surface area contributed by atoms with Crippen molar-refractivity contribution in [3.05, 3.63) is 41.2 Å². The van der Waals surface area contributed by atoms with Gasteiger partial charge in [-0.2, -0.15) is 13.4 Å². The summed E-state index contributed by atoms with van der Waals surface area (Å²) in [6, 6.07) is 5.81. The summed E-state index contributed by atoms with van der Waals surface area (Å²) < 4.78 is 45.5. The fourth-order valence-electron chi connectivity index (χ4n) is 2.66. The van der Waals surface area contributed by atoms with E-state index in [0.717, 1.165) is 11.6 Å². The van der Waals surface area contributed by atoms with Crippen LogP contribution >= 0.6 is 0 Å². The second kappa shape index (κ2) is 6.91. The number of aromatic nitrogens is 1. The molecule has 27 heavy (non-hydrogen) atoms. The second-order valence-corrected chi connectivity index (χ2v) is 7.50. The van der Waals surface area contributed by atoms with Crippen LogP contribution in [0.1, 0.15) is 11.1 Å². The van der Waals surface area contributed by atoms with Gasteiger partial charge < -0.3 is 15.2 Å². The Morgan fingerprint density at radius 1 is 1.37 bits per heavy atom. The van der Waals surface area contributed by atoms with E-state index in [1.165, 1.54) is 13.2 Å². The molecule has 1 aliphatic rings. The summed E-state index contributed by atoms with van der Waals surface area (Å²) in [5.74, 6) is -1.46. The lowest BCUT2D eigenvalue weighted by Gasteiger charge is -2.18. The van der Waals surface area contributed by atoms with Crippen LogP contribution in [0.4, 0.5) is 15.9 Å². The number of aromatic hydroxyl groups is 1. The Bertz CT molecular complexity index is 989. The number of aryl methyl sites for hydroxylation is 1. The number of anilines is 2. The molecule has 1 saturated heterocycles. The highest BCUT2D eigenvalue weighted by Gasteiger charge is 2.37. The third kappa shape index (κ3) is 3.87. The molecule has 0 unspecified atom stereocenters. The number of ether oxygens (including phenoxy) is 1. The molecule has 0 aliphatic carbocycles. The molecule has 1 fully saturated rings. The third-order valence-corrected chi connectivity index (χ3v) is 5.18. The van der Waals surface area contributed by atoms with Crippen molar-refractivity contribution in [1.29, 1.82) is 0 Å². The number of methoxy groups -OCH3 is 1. The van der Waals surface area contributed by atoms with Crippen LogP contribution in [-0.2, 0) is 21.5 Å². The smallest absolute Gasteiger partial charge is 0.326 e. The molecule has 1 amide bonds. The zero-order valence-electron chi connectivity index (χ0n) is 14.5. The fraction of sp³-hybridized carbons (Fsp3) is 0.250. The summed E-state index contributed by atoms with van der Waals surface area (Å²) in [6.45, 7) is 1.38. The molecule has 0 saturated carbocycles. The topological polar surface area (TPSA) is 121 Å². The van der Waals surface area contributed by atoms with Gasteiger partial charge in [0.25, 0.3) is 5.91 Å². The van der Waals surface area contributed by atoms with E-state index < -0.39 is 39.9 Å². The number of phenolic OH excluding ortho intramolecular Hbond substituents is 1. The second-order valence-electron chi connectivity index (χ2n) is 5.91. The summed E-state index contributed by atoms with van der Waals surface area (Å²) >= 11 is 0. The summed E-state index contributed by atoms with van der Waals surface area (Å²) in [7, 11) is -2.73. The first-order valence-electron chi connectivity index (χ1n) is 7.81. The molecule has 9 nitrogen and oxygen atoms in total. The highest BCUT2D eigenvalue weighted by Crippen LogP contribution is 2.34. The van der Waals surface area contributed by atoms with Crippen molar-refractivity contribution in [2.75, 3.05) is 23.3 Å². The molecule has 1 aromatic carbocycles. The van der Waals surface area contributed by atoms with E-state index in [1.54, 1.807) is 16.9 Å². The van der Waals surface area contributed by atoms with Gasteiger partial charge in [-0.25, -0.2) is 13.4 Å². The van der Waals surface area contributed by atoms with Gasteiger partial charge in [0, 0.05) is 12.6 Å². The molecule has 3 rings (SSSR count). The Morgan fingerprint density at radius 2 is 2.11 bits per heavy atom. The standard InChI is InChI=1S/C16H17FN4O5S/c1-9-3-13(19-15(4-9)26-2)18-7-10-5-11(17)16(12(22)6-10)21-8-14(23)20-27(21,24)25/h3-6,22H,7-8H2,1-2H3,(H,18,19)(H,20,23). The Balaban J connectivity index is 1.83. The number of rotatable bonds is 5. The van der Waals surface area contributed by atoms with Crippen molar-refractivity contribution < 1.29 is 27.4 Å². The molecule has 2 heterocycles. The Kier molecular flexibility index (Phi) is 4.79. The van der Waals surface area contributed by atoms with Crippen LogP contribution in [0.15, 0.2) is 24.3 Å². The Labute approximate surface area is 155 Å². The van der Waals surface area contributed by atoms with Crippen molar-refractivity contribution in [1.82, 2.24) is 9.71 Å². The zero-order valence-corrected chi connectivity index (χ0v) is 15.3. The minimum Gasteiger partial charge on any atom is -0.506 e. The van der Waals surface area contributed by atoms with Gasteiger partial charge in [-0.3, -0.25) is 4.79 Å². The fourth-order valence-corrected chi connectivity index (χ4v) is 3.83. The molecule has 3 N–H and O–H groups in total. The summed E-state index contributed by atoms with van der Waals surface area (Å²) in [5, 5.41) is 13.1. The molecule has 144 valence electrons. The van der Waals surface area contributed by atoms with E-state index in [1.807, 2.05) is 6.92 Å². The lowest BCUT2D eigenvalue weighted by atomic mass is 10.1. The van der Waals surface area contributed by atoms with E-state index in [4.69, 9.17) is 4.74 Å². The van der Waals surface area contributed by atoms with Gasteiger partial charge in [0.1, 0.15) is 23.8 Å². The molecule has 0 spiro atoms. The van der Waals surface area contributed by atoms with Crippen molar-refractivity contribution in [3.8, 4) is 11.6 Å². The zero-order chi connectivity index (χ0) is 19.8. The lowest BCUT2D eigenvalue weighted by Crippen LogP contribution is -2.30. The Morgan fingerprint density at radius 3 is 2.70 bits per heavy atom.